The molecule has 0 unspecified atom stereocenters. The number of aromatic nitrogens is 3. The fraction of sp³-hybridized carbons (Fsp3) is 0.176. The van der Waals surface area contributed by atoms with Crippen molar-refractivity contribution in [3.63, 3.8) is 0 Å². The second-order valence-corrected chi connectivity index (χ2v) is 6.52. The fourth-order valence-electron chi connectivity index (χ4n) is 2.59. The van der Waals surface area contributed by atoms with E-state index in [1.165, 1.54) is 0 Å². The molecule has 0 bridgehead atoms. The molecule has 0 atom stereocenters. The van der Waals surface area contributed by atoms with Crippen molar-refractivity contribution in [3.05, 3.63) is 64.7 Å². The van der Waals surface area contributed by atoms with Crippen LogP contribution in [0.15, 0.2) is 57.8 Å². The van der Waals surface area contributed by atoms with Gasteiger partial charge in [0.15, 0.2) is 0 Å². The van der Waals surface area contributed by atoms with Crippen LogP contribution in [0.4, 0.5) is 0 Å². The lowest BCUT2D eigenvalue weighted by molar-refractivity contribution is 0.0569. The third-order valence-corrected chi connectivity index (χ3v) is 4.52. The quantitative estimate of drug-likeness (QED) is 0.693. The van der Waals surface area contributed by atoms with Crippen LogP contribution in [0.25, 0.3) is 11.4 Å². The van der Waals surface area contributed by atoms with Crippen molar-refractivity contribution in [3.8, 4) is 11.4 Å². The Balaban J connectivity index is 1.42. The van der Waals surface area contributed by atoms with Gasteiger partial charge in [0.05, 0.1) is 5.92 Å². The van der Waals surface area contributed by atoms with Crippen molar-refractivity contribution in [2.24, 2.45) is 0 Å². The minimum Gasteiger partial charge on any atom is -0.339 e. The molecule has 0 radical (unpaired) electrons. The topological polar surface area (TPSA) is 72.1 Å². The fourth-order valence-corrected chi connectivity index (χ4v) is 2.86. The second-order valence-electron chi connectivity index (χ2n) is 5.61. The number of carbonyl (C=O) groups excluding carboxylic acids is 1. The Labute approximate surface area is 146 Å². The molecule has 0 saturated carbocycles. The smallest absolute Gasteiger partial charge is 0.253 e. The van der Waals surface area contributed by atoms with Crippen molar-refractivity contribution in [1.29, 1.82) is 0 Å². The highest BCUT2D eigenvalue weighted by atomic mass is 79.9. The van der Waals surface area contributed by atoms with Crippen LogP contribution in [0, 0.1) is 0 Å². The maximum Gasteiger partial charge on any atom is 0.253 e. The summed E-state index contributed by atoms with van der Waals surface area (Å²) in [7, 11) is 0. The van der Waals surface area contributed by atoms with Gasteiger partial charge in [-0.25, -0.2) is 0 Å². The number of hydrogen-bond donors (Lipinski definition) is 0. The zero-order chi connectivity index (χ0) is 16.5. The first-order valence-corrected chi connectivity index (χ1v) is 8.29. The normalized spacial score (nSPS) is 14.5. The van der Waals surface area contributed by atoms with Gasteiger partial charge in [-0.05, 0) is 36.4 Å². The number of pyridine rings is 1. The number of hydrogen-bond acceptors (Lipinski definition) is 5. The minimum atomic E-state index is 0.0209. The first-order valence-electron chi connectivity index (χ1n) is 7.49. The summed E-state index contributed by atoms with van der Waals surface area (Å²) in [4.78, 5) is 22.6. The first-order chi connectivity index (χ1) is 11.7. The van der Waals surface area contributed by atoms with Gasteiger partial charge in [-0.15, -0.1) is 0 Å². The molecular weight excluding hydrogens is 372 g/mol. The average Bonchev–Trinajstić information content (AvgIpc) is 3.04. The molecule has 7 heteroatoms. The highest BCUT2D eigenvalue weighted by molar-refractivity contribution is 9.10. The molecule has 1 fully saturated rings. The van der Waals surface area contributed by atoms with E-state index in [0.717, 1.165) is 10.0 Å². The van der Waals surface area contributed by atoms with E-state index in [1.54, 1.807) is 17.3 Å². The number of carbonyl (C=O) groups is 1. The molecule has 120 valence electrons. The Morgan fingerprint density at radius 1 is 1.12 bits per heavy atom. The molecule has 6 nitrogen and oxygen atoms in total. The van der Waals surface area contributed by atoms with Gasteiger partial charge in [0.1, 0.15) is 0 Å². The molecule has 1 aliphatic rings. The number of rotatable bonds is 3. The zero-order valence-corrected chi connectivity index (χ0v) is 14.2. The van der Waals surface area contributed by atoms with E-state index in [4.69, 9.17) is 4.52 Å². The Morgan fingerprint density at radius 2 is 1.83 bits per heavy atom. The largest absolute Gasteiger partial charge is 0.339 e. The predicted molar refractivity (Wildman–Crippen MR) is 90.3 cm³/mol. The third-order valence-electron chi connectivity index (χ3n) is 3.99. The summed E-state index contributed by atoms with van der Waals surface area (Å²) < 4.78 is 6.30. The Morgan fingerprint density at radius 3 is 2.54 bits per heavy atom. The van der Waals surface area contributed by atoms with Crippen LogP contribution in [0.2, 0.25) is 0 Å². The van der Waals surface area contributed by atoms with Gasteiger partial charge >= 0.3 is 0 Å². The molecule has 3 aromatic rings. The van der Waals surface area contributed by atoms with Crippen molar-refractivity contribution in [1.82, 2.24) is 20.0 Å². The number of amides is 1. The second kappa shape index (κ2) is 6.16. The number of likely N-dealkylation sites (tertiary alicyclic amines) is 1. The molecule has 1 aromatic carbocycles. The van der Waals surface area contributed by atoms with Crippen molar-refractivity contribution in [2.75, 3.05) is 13.1 Å². The van der Waals surface area contributed by atoms with Gasteiger partial charge in [-0.3, -0.25) is 9.78 Å². The highest BCUT2D eigenvalue weighted by Gasteiger charge is 2.36. The summed E-state index contributed by atoms with van der Waals surface area (Å²) in [6.07, 6.45) is 3.38. The highest BCUT2D eigenvalue weighted by Crippen LogP contribution is 2.28. The standard InChI is InChI=1S/C17H13BrN4O2/c18-14-3-1-12(2-4-14)17(23)22-9-13(10-22)16-20-15(21-24-16)11-5-7-19-8-6-11/h1-8,13H,9-10H2. The molecule has 1 saturated heterocycles. The predicted octanol–water partition coefficient (Wildman–Crippen LogP) is 3.13. The Hall–Kier alpha value is -2.54. The van der Waals surface area contributed by atoms with E-state index in [9.17, 15) is 4.79 Å². The van der Waals surface area contributed by atoms with E-state index >= 15 is 0 Å². The van der Waals surface area contributed by atoms with Crippen LogP contribution in [0.5, 0.6) is 0 Å². The van der Waals surface area contributed by atoms with Gasteiger partial charge in [0, 0.05) is 41.1 Å². The lowest BCUT2D eigenvalue weighted by Gasteiger charge is -2.37. The summed E-state index contributed by atoms with van der Waals surface area (Å²) >= 11 is 3.37. The number of halogens is 1. The van der Waals surface area contributed by atoms with Gasteiger partial charge in [-0.2, -0.15) is 4.98 Å². The lowest BCUT2D eigenvalue weighted by Crippen LogP contribution is -2.48. The molecule has 1 amide bonds. The summed E-state index contributed by atoms with van der Waals surface area (Å²) in [6.45, 7) is 1.18. The van der Waals surface area contributed by atoms with E-state index in [1.807, 2.05) is 36.4 Å². The van der Waals surface area contributed by atoms with Gasteiger partial charge < -0.3 is 9.42 Å². The number of benzene rings is 1. The monoisotopic (exact) mass is 384 g/mol. The van der Waals surface area contributed by atoms with Gasteiger partial charge in [0.25, 0.3) is 5.91 Å². The molecule has 0 spiro atoms. The van der Waals surface area contributed by atoms with E-state index < -0.39 is 0 Å². The summed E-state index contributed by atoms with van der Waals surface area (Å²) in [5.74, 6) is 1.23. The van der Waals surface area contributed by atoms with E-state index in [2.05, 4.69) is 31.1 Å². The van der Waals surface area contributed by atoms with E-state index in [0.29, 0.717) is 30.4 Å². The Bertz CT molecular complexity index is 858. The van der Waals surface area contributed by atoms with Crippen LogP contribution in [0.3, 0.4) is 0 Å². The molecule has 2 aromatic heterocycles. The van der Waals surface area contributed by atoms with Crippen LogP contribution in [-0.2, 0) is 0 Å². The van der Waals surface area contributed by atoms with Crippen molar-refractivity contribution < 1.29 is 9.32 Å². The van der Waals surface area contributed by atoms with Crippen LogP contribution in [0.1, 0.15) is 22.2 Å². The molecule has 24 heavy (non-hydrogen) atoms. The van der Waals surface area contributed by atoms with Gasteiger partial charge in [-0.1, -0.05) is 21.1 Å². The Kier molecular flexibility index (Phi) is 3.86. The summed E-state index contributed by atoms with van der Waals surface area (Å²) in [5, 5.41) is 4.00. The lowest BCUT2D eigenvalue weighted by atomic mass is 9.99. The van der Waals surface area contributed by atoms with E-state index in [-0.39, 0.29) is 11.8 Å². The third kappa shape index (κ3) is 2.82. The summed E-state index contributed by atoms with van der Waals surface area (Å²) in [6, 6.07) is 11.0. The molecule has 1 aliphatic heterocycles. The maximum atomic E-state index is 12.4. The molecule has 0 aliphatic carbocycles. The SMILES string of the molecule is O=C(c1ccc(Br)cc1)N1CC(c2nc(-c3ccncc3)no2)C1. The maximum absolute atomic E-state index is 12.4. The van der Waals surface area contributed by atoms with Crippen molar-refractivity contribution >= 4 is 21.8 Å². The van der Waals surface area contributed by atoms with Gasteiger partial charge in [0.2, 0.25) is 11.7 Å². The molecule has 3 heterocycles. The van der Waals surface area contributed by atoms with Crippen LogP contribution >= 0.6 is 15.9 Å². The summed E-state index contributed by atoms with van der Waals surface area (Å²) in [5.41, 5.74) is 1.54. The zero-order valence-electron chi connectivity index (χ0n) is 12.6. The van der Waals surface area contributed by atoms with Crippen LogP contribution < -0.4 is 0 Å². The molecule has 0 N–H and O–H groups in total. The van der Waals surface area contributed by atoms with Crippen LogP contribution in [-0.4, -0.2) is 39.0 Å². The minimum absolute atomic E-state index is 0.0209. The first kappa shape index (κ1) is 15.0. The molecule has 4 rings (SSSR count). The number of nitrogens with zero attached hydrogens (tertiary/aromatic N) is 4. The molecular formula is C17H13BrN4O2. The van der Waals surface area contributed by atoms with Crippen molar-refractivity contribution in [2.45, 2.75) is 5.92 Å². The average molecular weight is 385 g/mol.